The molecule has 0 bridgehead atoms. The van der Waals surface area contributed by atoms with Gasteiger partial charge in [-0.1, -0.05) is 60.7 Å². The predicted octanol–water partition coefficient (Wildman–Crippen LogP) is 3.99. The number of ketones is 1. The van der Waals surface area contributed by atoms with Crippen LogP contribution >= 0.6 is 0 Å². The lowest BCUT2D eigenvalue weighted by molar-refractivity contribution is 0.103. The van der Waals surface area contributed by atoms with Crippen molar-refractivity contribution in [3.63, 3.8) is 0 Å². The summed E-state index contributed by atoms with van der Waals surface area (Å²) in [5, 5.41) is 9.94. The first kappa shape index (κ1) is 13.9. The van der Waals surface area contributed by atoms with Gasteiger partial charge in [-0.2, -0.15) is 0 Å². The molecule has 3 aromatic rings. The van der Waals surface area contributed by atoms with Crippen LogP contribution < -0.4 is 5.73 Å². The first-order chi connectivity index (χ1) is 10.7. The second-order valence-electron chi connectivity index (χ2n) is 4.91. The summed E-state index contributed by atoms with van der Waals surface area (Å²) in [4.78, 5) is 12.5. The fourth-order valence-electron chi connectivity index (χ4n) is 2.39. The van der Waals surface area contributed by atoms with Gasteiger partial charge in [0.15, 0.2) is 5.78 Å². The van der Waals surface area contributed by atoms with E-state index in [0.29, 0.717) is 16.7 Å². The minimum absolute atomic E-state index is 0.0575. The molecule has 1 N–H and O–H groups in total. The zero-order valence-corrected chi connectivity index (χ0v) is 11.7. The molecule has 0 aliphatic carbocycles. The van der Waals surface area contributed by atoms with Crippen molar-refractivity contribution in [2.75, 3.05) is 0 Å². The maximum absolute atomic E-state index is 12.5. The molecule has 3 heteroatoms. The molecule has 0 fully saturated rings. The highest BCUT2D eigenvalue weighted by Gasteiger charge is 2.17. The summed E-state index contributed by atoms with van der Waals surface area (Å²) >= 11 is 0. The van der Waals surface area contributed by atoms with E-state index in [2.05, 4.69) is 0 Å². The molecule has 3 nitrogen and oxygen atoms in total. The molecule has 0 saturated carbocycles. The summed E-state index contributed by atoms with van der Waals surface area (Å²) in [5.74, 6) is -0.197. The standard InChI is InChI=1S/C19H13NO2/c20-18-15(14-9-4-5-12-17(14)21)10-6-11-16(18)19(22)13-7-2-1-3-8-13/h1-12,21H. The van der Waals surface area contributed by atoms with Gasteiger partial charge < -0.3 is 5.11 Å². The molecule has 0 unspecified atom stereocenters. The Morgan fingerprint density at radius 3 is 2.14 bits per heavy atom. The van der Waals surface area contributed by atoms with E-state index in [-0.39, 0.29) is 22.8 Å². The van der Waals surface area contributed by atoms with Crippen molar-refractivity contribution >= 4 is 11.5 Å². The van der Waals surface area contributed by atoms with Crippen LogP contribution in [0.3, 0.4) is 0 Å². The van der Waals surface area contributed by atoms with E-state index in [1.807, 2.05) is 6.07 Å². The number of carbonyl (C=O) groups is 1. The van der Waals surface area contributed by atoms with Crippen molar-refractivity contribution in [2.24, 2.45) is 0 Å². The lowest BCUT2D eigenvalue weighted by atomic mass is 9.95. The fourth-order valence-corrected chi connectivity index (χ4v) is 2.39. The summed E-state index contributed by atoms with van der Waals surface area (Å²) in [7, 11) is 0. The van der Waals surface area contributed by atoms with Crippen LogP contribution in [0, 0.1) is 0 Å². The summed E-state index contributed by atoms with van der Waals surface area (Å²) in [6.45, 7) is 0. The average Bonchev–Trinajstić information content (AvgIpc) is 2.56. The van der Waals surface area contributed by atoms with Crippen LogP contribution in [-0.2, 0) is 0 Å². The minimum atomic E-state index is -0.254. The number of carbonyl (C=O) groups excluding carboxylic acids is 1. The number of phenolic OH excluding ortho intramolecular Hbond substituents is 1. The highest BCUT2D eigenvalue weighted by Crippen LogP contribution is 2.35. The summed E-state index contributed by atoms with van der Waals surface area (Å²) in [5.41, 5.74) is 12.0. The molecule has 3 rings (SSSR count). The van der Waals surface area contributed by atoms with E-state index >= 15 is 0 Å². The van der Waals surface area contributed by atoms with Crippen molar-refractivity contribution in [3.05, 3.63) is 83.9 Å². The van der Waals surface area contributed by atoms with Gasteiger partial charge in [0.05, 0.1) is 5.56 Å². The molecule has 0 amide bonds. The molecule has 0 atom stereocenters. The van der Waals surface area contributed by atoms with Crippen LogP contribution in [0.25, 0.3) is 11.1 Å². The van der Waals surface area contributed by atoms with Crippen LogP contribution in [0.4, 0.5) is 5.69 Å². The molecule has 0 heterocycles. The van der Waals surface area contributed by atoms with Crippen LogP contribution in [-0.4, -0.2) is 10.9 Å². The third-order valence-corrected chi connectivity index (χ3v) is 3.51. The Morgan fingerprint density at radius 1 is 0.773 bits per heavy atom. The molecule has 0 spiro atoms. The SMILES string of the molecule is [N]c1c(C(=O)c2ccccc2)cccc1-c1ccccc1O. The molecular weight excluding hydrogens is 274 g/mol. The Hall–Kier alpha value is -3.07. The molecule has 0 aliphatic rings. The zero-order chi connectivity index (χ0) is 15.5. The molecule has 0 aromatic heterocycles. The number of hydrogen-bond acceptors (Lipinski definition) is 2. The quantitative estimate of drug-likeness (QED) is 0.740. The molecule has 0 aliphatic heterocycles. The van der Waals surface area contributed by atoms with E-state index in [1.165, 1.54) is 0 Å². The molecular formula is C19H13NO2. The number of benzene rings is 3. The Labute approximate surface area is 128 Å². The maximum Gasteiger partial charge on any atom is 0.195 e. The largest absolute Gasteiger partial charge is 0.507 e. The van der Waals surface area contributed by atoms with Crippen molar-refractivity contribution in [1.29, 1.82) is 0 Å². The maximum atomic E-state index is 12.5. The van der Waals surface area contributed by atoms with Gasteiger partial charge in [-0.25, -0.2) is 0 Å². The second-order valence-corrected chi connectivity index (χ2v) is 4.91. The van der Waals surface area contributed by atoms with Gasteiger partial charge in [0.1, 0.15) is 11.4 Å². The average molecular weight is 287 g/mol. The third-order valence-electron chi connectivity index (χ3n) is 3.51. The Bertz CT molecular complexity index is 826. The molecule has 3 aromatic carbocycles. The highest BCUT2D eigenvalue weighted by atomic mass is 16.3. The van der Waals surface area contributed by atoms with Crippen molar-refractivity contribution in [3.8, 4) is 16.9 Å². The zero-order valence-electron chi connectivity index (χ0n) is 11.7. The number of hydrogen-bond donors (Lipinski definition) is 1. The number of phenols is 1. The molecule has 106 valence electrons. The van der Waals surface area contributed by atoms with Gasteiger partial charge in [-0.3, -0.25) is 4.79 Å². The van der Waals surface area contributed by atoms with Crippen LogP contribution in [0.15, 0.2) is 72.8 Å². The van der Waals surface area contributed by atoms with Gasteiger partial charge in [0.2, 0.25) is 0 Å². The number of nitrogens with zero attached hydrogens (tertiary/aromatic N) is 1. The monoisotopic (exact) mass is 287 g/mol. The Morgan fingerprint density at radius 2 is 1.41 bits per heavy atom. The summed E-state index contributed by atoms with van der Waals surface area (Å²) in [6.07, 6.45) is 0. The number of rotatable bonds is 3. The Kier molecular flexibility index (Phi) is 3.62. The van der Waals surface area contributed by atoms with Gasteiger partial charge in [0.25, 0.3) is 0 Å². The molecule has 0 saturated heterocycles. The van der Waals surface area contributed by atoms with E-state index in [9.17, 15) is 15.6 Å². The fraction of sp³-hybridized carbons (Fsp3) is 0. The third kappa shape index (κ3) is 2.44. The summed E-state index contributed by atoms with van der Waals surface area (Å²) in [6, 6.07) is 20.4. The van der Waals surface area contributed by atoms with Crippen LogP contribution in [0.1, 0.15) is 15.9 Å². The Balaban J connectivity index is 2.11. The van der Waals surface area contributed by atoms with Gasteiger partial charge in [-0.05, 0) is 12.1 Å². The molecule has 2 radical (unpaired) electrons. The first-order valence-electron chi connectivity index (χ1n) is 6.88. The predicted molar refractivity (Wildman–Crippen MR) is 85.2 cm³/mol. The summed E-state index contributed by atoms with van der Waals surface area (Å²) < 4.78 is 0. The van der Waals surface area contributed by atoms with Crippen LogP contribution in [0.2, 0.25) is 0 Å². The minimum Gasteiger partial charge on any atom is -0.507 e. The van der Waals surface area contributed by atoms with E-state index in [1.54, 1.807) is 66.7 Å². The topological polar surface area (TPSA) is 59.6 Å². The second kappa shape index (κ2) is 5.74. The highest BCUT2D eigenvalue weighted by molar-refractivity contribution is 6.13. The van der Waals surface area contributed by atoms with E-state index in [0.717, 1.165) is 0 Å². The van der Waals surface area contributed by atoms with Gasteiger partial charge in [-0.15, -0.1) is 5.73 Å². The van der Waals surface area contributed by atoms with Crippen molar-refractivity contribution < 1.29 is 9.90 Å². The van der Waals surface area contributed by atoms with Crippen molar-refractivity contribution in [2.45, 2.75) is 0 Å². The lowest BCUT2D eigenvalue weighted by Crippen LogP contribution is -2.03. The van der Waals surface area contributed by atoms with Crippen molar-refractivity contribution in [1.82, 2.24) is 5.73 Å². The van der Waals surface area contributed by atoms with Gasteiger partial charge >= 0.3 is 0 Å². The first-order valence-corrected chi connectivity index (χ1v) is 6.88. The van der Waals surface area contributed by atoms with E-state index < -0.39 is 0 Å². The van der Waals surface area contributed by atoms with Crippen LogP contribution in [0.5, 0.6) is 5.75 Å². The normalized spacial score (nSPS) is 10.4. The van der Waals surface area contributed by atoms with E-state index in [4.69, 9.17) is 0 Å². The van der Waals surface area contributed by atoms with Gasteiger partial charge in [0, 0.05) is 16.7 Å². The number of para-hydroxylation sites is 1. The number of aromatic hydroxyl groups is 1. The lowest BCUT2D eigenvalue weighted by Gasteiger charge is -2.10. The smallest absolute Gasteiger partial charge is 0.195 e. The molecule has 22 heavy (non-hydrogen) atoms.